The molecule has 6 heteroatoms. The highest BCUT2D eigenvalue weighted by Gasteiger charge is 2.56. The van der Waals surface area contributed by atoms with E-state index < -0.39 is 5.60 Å². The number of amides is 1. The lowest BCUT2D eigenvalue weighted by Gasteiger charge is -2.60. The number of likely N-dealkylation sites (N-methyl/N-ethyl adjacent to an activating group) is 1. The molecular weight excluding hydrogens is 395 g/mol. The molecule has 0 heterocycles. The Balaban J connectivity index is 1.55. The maximum atomic E-state index is 13.3. The molecular formula is C22H30Cl2N2O2. The molecule has 4 aliphatic carbocycles. The van der Waals surface area contributed by atoms with E-state index in [4.69, 9.17) is 23.2 Å². The van der Waals surface area contributed by atoms with Crippen molar-refractivity contribution in [3.8, 4) is 0 Å². The van der Waals surface area contributed by atoms with Crippen molar-refractivity contribution >= 4 is 29.1 Å². The van der Waals surface area contributed by atoms with Crippen LogP contribution in [0.25, 0.3) is 0 Å². The largest absolute Gasteiger partial charge is 0.390 e. The lowest BCUT2D eigenvalue weighted by Crippen LogP contribution is -2.64. The standard InChI is InChI=1S/C22H30Cl2N2O2/c1-13(25-2)21(27)26(6-5-14-3-4-18(23)19(24)9-14)20-16-7-15-8-17(20)12-22(28,10-15)11-16/h3-4,9,13,15-17,20,25,28H,5-8,10-12H2,1-2H3/t13-,15?,16?,17?,20?,22?/m0/s1. The van der Waals surface area contributed by atoms with E-state index in [1.165, 1.54) is 0 Å². The summed E-state index contributed by atoms with van der Waals surface area (Å²) in [6, 6.07) is 5.72. The van der Waals surface area contributed by atoms with Crippen molar-refractivity contribution in [3.05, 3.63) is 33.8 Å². The lowest BCUT2D eigenvalue weighted by molar-refractivity contribution is -0.171. The molecule has 2 N–H and O–H groups in total. The normalized spacial score (nSPS) is 34.5. The van der Waals surface area contributed by atoms with E-state index in [0.29, 0.717) is 34.3 Å². The van der Waals surface area contributed by atoms with Gasteiger partial charge in [-0.25, -0.2) is 0 Å². The topological polar surface area (TPSA) is 52.6 Å². The summed E-state index contributed by atoms with van der Waals surface area (Å²) in [7, 11) is 1.83. The van der Waals surface area contributed by atoms with Crippen LogP contribution in [0, 0.1) is 17.8 Å². The molecule has 1 amide bonds. The number of carbonyl (C=O) groups excluding carboxylic acids is 1. The third-order valence-electron chi connectivity index (χ3n) is 7.26. The first kappa shape index (κ1) is 20.5. The van der Waals surface area contributed by atoms with Crippen LogP contribution in [-0.2, 0) is 11.2 Å². The van der Waals surface area contributed by atoms with Crippen molar-refractivity contribution in [2.24, 2.45) is 17.8 Å². The third kappa shape index (κ3) is 3.81. The molecule has 0 spiro atoms. The van der Waals surface area contributed by atoms with Crippen LogP contribution in [0.1, 0.15) is 44.6 Å². The Bertz CT molecular complexity index is 740. The van der Waals surface area contributed by atoms with Crippen LogP contribution in [0.3, 0.4) is 0 Å². The Hall–Kier alpha value is -0.810. The summed E-state index contributed by atoms with van der Waals surface area (Å²) in [6.07, 6.45) is 5.69. The molecule has 4 fully saturated rings. The van der Waals surface area contributed by atoms with E-state index in [1.807, 2.05) is 32.2 Å². The highest BCUT2D eigenvalue weighted by atomic mass is 35.5. The number of hydrogen-bond acceptors (Lipinski definition) is 3. The number of nitrogens with zero attached hydrogens (tertiary/aromatic N) is 1. The van der Waals surface area contributed by atoms with Gasteiger partial charge in [0.15, 0.2) is 0 Å². The molecule has 4 aliphatic rings. The molecule has 1 aromatic rings. The molecule has 154 valence electrons. The van der Waals surface area contributed by atoms with Gasteiger partial charge >= 0.3 is 0 Å². The minimum atomic E-state index is -0.486. The van der Waals surface area contributed by atoms with Gasteiger partial charge in [0.25, 0.3) is 0 Å². The maximum absolute atomic E-state index is 13.3. The summed E-state index contributed by atoms with van der Waals surface area (Å²) in [6.45, 7) is 2.60. The zero-order valence-corrected chi connectivity index (χ0v) is 18.1. The number of benzene rings is 1. The molecule has 5 rings (SSSR count). The van der Waals surface area contributed by atoms with E-state index >= 15 is 0 Å². The Morgan fingerprint density at radius 2 is 1.93 bits per heavy atom. The zero-order valence-electron chi connectivity index (χ0n) is 16.6. The first-order valence-electron chi connectivity index (χ1n) is 10.4. The smallest absolute Gasteiger partial charge is 0.239 e. The van der Waals surface area contributed by atoms with Crippen LogP contribution in [0.5, 0.6) is 0 Å². The summed E-state index contributed by atoms with van der Waals surface area (Å²) < 4.78 is 0. The van der Waals surface area contributed by atoms with Gasteiger partial charge < -0.3 is 15.3 Å². The SMILES string of the molecule is CN[C@@H](C)C(=O)N(CCc1ccc(Cl)c(Cl)c1)C1C2CC3CC1CC(O)(C3)C2. The fourth-order valence-corrected chi connectivity index (χ4v) is 6.51. The van der Waals surface area contributed by atoms with Crippen molar-refractivity contribution < 1.29 is 9.90 Å². The van der Waals surface area contributed by atoms with Crippen LogP contribution in [0.2, 0.25) is 10.0 Å². The van der Waals surface area contributed by atoms with Gasteiger partial charge in [0, 0.05) is 12.6 Å². The predicted molar refractivity (Wildman–Crippen MR) is 113 cm³/mol. The van der Waals surface area contributed by atoms with Gasteiger partial charge in [-0.1, -0.05) is 29.3 Å². The number of carbonyl (C=O) groups is 1. The van der Waals surface area contributed by atoms with Crippen LogP contribution in [-0.4, -0.2) is 47.2 Å². The van der Waals surface area contributed by atoms with Crippen molar-refractivity contribution in [2.75, 3.05) is 13.6 Å². The van der Waals surface area contributed by atoms with Gasteiger partial charge in [-0.3, -0.25) is 4.79 Å². The van der Waals surface area contributed by atoms with E-state index in [2.05, 4.69) is 10.2 Å². The quantitative estimate of drug-likeness (QED) is 0.727. The minimum absolute atomic E-state index is 0.159. The lowest BCUT2D eigenvalue weighted by atomic mass is 9.52. The zero-order chi connectivity index (χ0) is 20.1. The first-order valence-corrected chi connectivity index (χ1v) is 11.2. The van der Waals surface area contributed by atoms with Gasteiger partial charge in [-0.2, -0.15) is 0 Å². The summed E-state index contributed by atoms with van der Waals surface area (Å²) in [5.74, 6) is 1.62. The molecule has 0 saturated heterocycles. The minimum Gasteiger partial charge on any atom is -0.390 e. The highest BCUT2D eigenvalue weighted by molar-refractivity contribution is 6.42. The Morgan fingerprint density at radius 3 is 2.50 bits per heavy atom. The van der Waals surface area contributed by atoms with Gasteiger partial charge in [0.2, 0.25) is 5.91 Å². The molecule has 3 atom stereocenters. The van der Waals surface area contributed by atoms with Gasteiger partial charge in [0.1, 0.15) is 0 Å². The van der Waals surface area contributed by atoms with E-state index in [0.717, 1.165) is 44.1 Å². The van der Waals surface area contributed by atoms with Crippen molar-refractivity contribution in [3.63, 3.8) is 0 Å². The van der Waals surface area contributed by atoms with Crippen molar-refractivity contribution in [1.82, 2.24) is 10.2 Å². The second-order valence-electron chi connectivity index (χ2n) is 9.23. The number of aliphatic hydroxyl groups is 1. The first-order chi connectivity index (χ1) is 13.3. The fourth-order valence-electron chi connectivity index (χ4n) is 6.19. The van der Waals surface area contributed by atoms with Crippen molar-refractivity contribution in [1.29, 1.82) is 0 Å². The van der Waals surface area contributed by atoms with Gasteiger partial charge in [-0.05, 0) is 87.9 Å². The molecule has 0 radical (unpaired) electrons. The average molecular weight is 425 g/mol. The number of nitrogens with one attached hydrogen (secondary N) is 1. The molecule has 4 bridgehead atoms. The predicted octanol–water partition coefficient (Wildman–Crippen LogP) is 3.91. The summed E-state index contributed by atoms with van der Waals surface area (Å²) in [4.78, 5) is 15.4. The maximum Gasteiger partial charge on any atom is 0.239 e. The van der Waals surface area contributed by atoms with E-state index in [-0.39, 0.29) is 18.0 Å². The second-order valence-corrected chi connectivity index (χ2v) is 10.0. The number of hydrogen-bond donors (Lipinski definition) is 2. The molecule has 4 saturated carbocycles. The van der Waals surface area contributed by atoms with Crippen LogP contribution in [0.4, 0.5) is 0 Å². The van der Waals surface area contributed by atoms with Crippen molar-refractivity contribution in [2.45, 2.75) is 63.1 Å². The third-order valence-corrected chi connectivity index (χ3v) is 8.00. The van der Waals surface area contributed by atoms with Crippen LogP contribution in [0.15, 0.2) is 18.2 Å². The van der Waals surface area contributed by atoms with Gasteiger partial charge in [0.05, 0.1) is 21.7 Å². The highest BCUT2D eigenvalue weighted by Crippen LogP contribution is 2.57. The Kier molecular flexibility index (Phi) is 5.69. The summed E-state index contributed by atoms with van der Waals surface area (Å²) >= 11 is 12.2. The second kappa shape index (κ2) is 7.79. The van der Waals surface area contributed by atoms with Crippen LogP contribution < -0.4 is 5.32 Å². The summed E-state index contributed by atoms with van der Waals surface area (Å²) in [5.41, 5.74) is 0.604. The number of halogens is 2. The Morgan fingerprint density at radius 1 is 1.25 bits per heavy atom. The number of rotatable bonds is 6. The summed E-state index contributed by atoms with van der Waals surface area (Å²) in [5, 5.41) is 15.1. The van der Waals surface area contributed by atoms with Crippen LogP contribution >= 0.6 is 23.2 Å². The molecule has 0 aromatic heterocycles. The molecule has 1 aromatic carbocycles. The van der Waals surface area contributed by atoms with E-state index in [1.54, 1.807) is 0 Å². The van der Waals surface area contributed by atoms with Gasteiger partial charge in [-0.15, -0.1) is 0 Å². The molecule has 28 heavy (non-hydrogen) atoms. The van der Waals surface area contributed by atoms with E-state index in [9.17, 15) is 9.90 Å². The monoisotopic (exact) mass is 424 g/mol. The average Bonchev–Trinajstić information content (AvgIpc) is 2.64. The molecule has 0 aliphatic heterocycles. The molecule has 2 unspecified atom stereocenters. The Labute approximate surface area is 177 Å². The fraction of sp³-hybridized carbons (Fsp3) is 0.682. The molecule has 4 nitrogen and oxygen atoms in total.